The van der Waals surface area contributed by atoms with Crippen LogP contribution in [0.5, 0.6) is 0 Å². The highest BCUT2D eigenvalue weighted by molar-refractivity contribution is 7.91. The summed E-state index contributed by atoms with van der Waals surface area (Å²) >= 11 is 0. The fourth-order valence-electron chi connectivity index (χ4n) is 3.75. The van der Waals surface area contributed by atoms with Crippen molar-refractivity contribution in [3.8, 4) is 0 Å². The monoisotopic (exact) mass is 399 g/mol. The van der Waals surface area contributed by atoms with E-state index in [0.29, 0.717) is 31.6 Å². The van der Waals surface area contributed by atoms with Gasteiger partial charge in [0.1, 0.15) is 0 Å². The zero-order valence-electron chi connectivity index (χ0n) is 15.4. The third-order valence-corrected chi connectivity index (χ3v) is 6.97. The van der Waals surface area contributed by atoms with Gasteiger partial charge in [-0.15, -0.1) is 0 Å². The Morgan fingerprint density at radius 3 is 2.29 bits per heavy atom. The molecule has 1 saturated heterocycles. The Balaban J connectivity index is 1.78. The molecule has 1 aromatic heterocycles. The molecule has 1 amide bonds. The molecule has 8 heteroatoms. The second-order valence-electron chi connectivity index (χ2n) is 6.85. The van der Waals surface area contributed by atoms with Gasteiger partial charge in [0.05, 0.1) is 21.0 Å². The SMILES string of the molecule is Cn1cc(S(=O)(=O)c2ccccc2)c2cccc(N3CCN(C(=O)O)CC3)c21. The van der Waals surface area contributed by atoms with Crippen LogP contribution in [-0.4, -0.2) is 55.3 Å². The third-order valence-electron chi connectivity index (χ3n) is 5.18. The number of aryl methyl sites for hydroxylation is 1. The summed E-state index contributed by atoms with van der Waals surface area (Å²) in [5, 5.41) is 9.82. The van der Waals surface area contributed by atoms with Gasteiger partial charge >= 0.3 is 6.09 Å². The molecule has 0 aliphatic carbocycles. The van der Waals surface area contributed by atoms with Crippen molar-refractivity contribution >= 4 is 32.5 Å². The first kappa shape index (κ1) is 18.4. The average molecular weight is 399 g/mol. The number of benzene rings is 2. The van der Waals surface area contributed by atoms with Gasteiger partial charge in [0.2, 0.25) is 9.84 Å². The van der Waals surface area contributed by atoms with Crippen molar-refractivity contribution < 1.29 is 18.3 Å². The molecule has 2 heterocycles. The predicted molar refractivity (Wildman–Crippen MR) is 107 cm³/mol. The topological polar surface area (TPSA) is 82.9 Å². The van der Waals surface area contributed by atoms with Crippen molar-refractivity contribution in [3.05, 3.63) is 54.7 Å². The molecule has 0 spiro atoms. The van der Waals surface area contributed by atoms with Gasteiger partial charge < -0.3 is 19.5 Å². The molecule has 2 aromatic carbocycles. The molecule has 146 valence electrons. The van der Waals surface area contributed by atoms with Crippen LogP contribution in [0.25, 0.3) is 10.9 Å². The summed E-state index contributed by atoms with van der Waals surface area (Å²) in [6, 6.07) is 14.0. The molecule has 1 aliphatic rings. The molecule has 7 nitrogen and oxygen atoms in total. The van der Waals surface area contributed by atoms with Crippen LogP contribution < -0.4 is 4.90 Å². The molecular weight excluding hydrogens is 378 g/mol. The van der Waals surface area contributed by atoms with Gasteiger partial charge in [-0.25, -0.2) is 13.2 Å². The molecule has 0 atom stereocenters. The Labute approximate surface area is 163 Å². The Hall–Kier alpha value is -3.00. The number of carboxylic acid groups (broad SMARTS) is 1. The highest BCUT2D eigenvalue weighted by atomic mass is 32.2. The Morgan fingerprint density at radius 1 is 0.964 bits per heavy atom. The predicted octanol–water partition coefficient (Wildman–Crippen LogP) is 2.81. The van der Waals surface area contributed by atoms with E-state index in [4.69, 9.17) is 5.11 Å². The second kappa shape index (κ2) is 6.87. The Morgan fingerprint density at radius 2 is 1.64 bits per heavy atom. The second-order valence-corrected chi connectivity index (χ2v) is 8.77. The highest BCUT2D eigenvalue weighted by Crippen LogP contribution is 2.35. The largest absolute Gasteiger partial charge is 0.465 e. The average Bonchev–Trinajstić information content (AvgIpc) is 3.06. The van der Waals surface area contributed by atoms with Crippen LogP contribution in [0.15, 0.2) is 64.5 Å². The smallest absolute Gasteiger partial charge is 0.407 e. The summed E-state index contributed by atoms with van der Waals surface area (Å²) < 4.78 is 28.2. The Bertz CT molecular complexity index is 1130. The van der Waals surface area contributed by atoms with Crippen molar-refractivity contribution in [2.75, 3.05) is 31.1 Å². The lowest BCUT2D eigenvalue weighted by molar-refractivity contribution is 0.142. The molecule has 4 rings (SSSR count). The number of nitrogens with zero attached hydrogens (tertiary/aromatic N) is 3. The van der Waals surface area contributed by atoms with Crippen LogP contribution in [0.3, 0.4) is 0 Å². The minimum Gasteiger partial charge on any atom is -0.465 e. The van der Waals surface area contributed by atoms with Crippen molar-refractivity contribution in [2.45, 2.75) is 9.79 Å². The molecule has 0 saturated carbocycles. The van der Waals surface area contributed by atoms with Crippen LogP contribution in [0.2, 0.25) is 0 Å². The number of fused-ring (bicyclic) bond motifs is 1. The van der Waals surface area contributed by atoms with Crippen LogP contribution >= 0.6 is 0 Å². The molecule has 0 bridgehead atoms. The summed E-state index contributed by atoms with van der Waals surface area (Å²) in [6.45, 7) is 1.98. The maximum Gasteiger partial charge on any atom is 0.407 e. The lowest BCUT2D eigenvalue weighted by Crippen LogP contribution is -2.48. The first-order valence-electron chi connectivity index (χ1n) is 9.00. The minimum atomic E-state index is -3.64. The van der Waals surface area contributed by atoms with E-state index in [1.807, 2.05) is 29.8 Å². The molecule has 28 heavy (non-hydrogen) atoms. The zero-order chi connectivity index (χ0) is 19.9. The van der Waals surface area contributed by atoms with Crippen molar-refractivity contribution in [1.29, 1.82) is 0 Å². The van der Waals surface area contributed by atoms with E-state index < -0.39 is 15.9 Å². The van der Waals surface area contributed by atoms with Gasteiger partial charge in [-0.3, -0.25) is 0 Å². The van der Waals surface area contributed by atoms with Crippen LogP contribution in [0.4, 0.5) is 10.5 Å². The van der Waals surface area contributed by atoms with Crippen molar-refractivity contribution in [2.24, 2.45) is 7.05 Å². The molecule has 1 N–H and O–H groups in total. The summed E-state index contributed by atoms with van der Waals surface area (Å²) in [7, 11) is -1.80. The Kier molecular flexibility index (Phi) is 4.50. The van der Waals surface area contributed by atoms with Crippen LogP contribution in [0.1, 0.15) is 0 Å². The first-order chi connectivity index (χ1) is 13.4. The lowest BCUT2D eigenvalue weighted by Gasteiger charge is -2.35. The van der Waals surface area contributed by atoms with E-state index >= 15 is 0 Å². The number of aromatic nitrogens is 1. The summed E-state index contributed by atoms with van der Waals surface area (Å²) in [5.41, 5.74) is 1.75. The van der Waals surface area contributed by atoms with Gasteiger partial charge in [0.15, 0.2) is 0 Å². The number of hydrogen-bond acceptors (Lipinski definition) is 4. The van der Waals surface area contributed by atoms with Crippen molar-refractivity contribution in [1.82, 2.24) is 9.47 Å². The van der Waals surface area contributed by atoms with Crippen LogP contribution in [-0.2, 0) is 16.9 Å². The van der Waals surface area contributed by atoms with Crippen LogP contribution in [0, 0.1) is 0 Å². The number of sulfone groups is 1. The maximum atomic E-state index is 13.2. The molecule has 3 aromatic rings. The summed E-state index contributed by atoms with van der Waals surface area (Å²) in [4.78, 5) is 15.2. The fraction of sp³-hybridized carbons (Fsp3) is 0.250. The first-order valence-corrected chi connectivity index (χ1v) is 10.5. The standard InChI is InChI=1S/C20H21N3O4S/c1-21-14-18(28(26,27)15-6-3-2-4-7-15)16-8-5-9-17(19(16)21)22-10-12-23(13-11-22)20(24)25/h2-9,14H,10-13H2,1H3,(H,24,25). The maximum absolute atomic E-state index is 13.2. The van der Waals surface area contributed by atoms with Crippen molar-refractivity contribution in [3.63, 3.8) is 0 Å². The third kappa shape index (κ3) is 2.99. The zero-order valence-corrected chi connectivity index (χ0v) is 16.3. The van der Waals surface area contributed by atoms with E-state index in [0.717, 1.165) is 11.2 Å². The normalized spacial score (nSPS) is 15.2. The lowest BCUT2D eigenvalue weighted by atomic mass is 10.2. The molecule has 1 aliphatic heterocycles. The van der Waals surface area contributed by atoms with Gasteiger partial charge in [0, 0.05) is 44.8 Å². The number of hydrogen-bond donors (Lipinski definition) is 1. The van der Waals surface area contributed by atoms with Gasteiger partial charge in [-0.2, -0.15) is 0 Å². The van der Waals surface area contributed by atoms with E-state index in [9.17, 15) is 13.2 Å². The highest BCUT2D eigenvalue weighted by Gasteiger charge is 2.26. The minimum absolute atomic E-state index is 0.267. The molecule has 0 radical (unpaired) electrons. The number of rotatable bonds is 3. The number of piperazine rings is 1. The summed E-state index contributed by atoms with van der Waals surface area (Å²) in [6.07, 6.45) is 0.747. The quantitative estimate of drug-likeness (QED) is 0.732. The number of anilines is 1. The summed E-state index contributed by atoms with van der Waals surface area (Å²) in [5.74, 6) is 0. The van der Waals surface area contributed by atoms with Gasteiger partial charge in [-0.05, 0) is 18.2 Å². The van der Waals surface area contributed by atoms with Gasteiger partial charge in [0.25, 0.3) is 0 Å². The number of carbonyl (C=O) groups is 1. The number of para-hydroxylation sites is 1. The van der Waals surface area contributed by atoms with Gasteiger partial charge in [-0.1, -0.05) is 30.3 Å². The molecular formula is C20H21N3O4S. The fourth-order valence-corrected chi connectivity index (χ4v) is 5.27. The molecule has 1 fully saturated rings. The van der Waals surface area contributed by atoms with E-state index in [1.54, 1.807) is 36.5 Å². The van der Waals surface area contributed by atoms with E-state index in [1.165, 1.54) is 4.90 Å². The molecule has 0 unspecified atom stereocenters. The number of amides is 1. The van der Waals surface area contributed by atoms with E-state index in [2.05, 4.69) is 4.90 Å². The van der Waals surface area contributed by atoms with E-state index in [-0.39, 0.29) is 9.79 Å².